The Kier molecular flexibility index (Phi) is 7.35. The minimum absolute atomic E-state index is 0. The van der Waals surface area contributed by atoms with Crippen molar-refractivity contribution in [3.05, 3.63) is 30.3 Å². The molecule has 0 bridgehead atoms. The topological polar surface area (TPSA) is 97.1 Å². The summed E-state index contributed by atoms with van der Waals surface area (Å²) in [6, 6.07) is 9.03. The summed E-state index contributed by atoms with van der Waals surface area (Å²) in [5, 5.41) is 0. The van der Waals surface area contributed by atoms with Gasteiger partial charge in [-0.1, -0.05) is 42.7 Å². The van der Waals surface area contributed by atoms with Crippen molar-refractivity contribution < 1.29 is 19.4 Å². The highest BCUT2D eigenvalue weighted by atomic mass is 32.2. The summed E-state index contributed by atoms with van der Waals surface area (Å²) >= 11 is 0. The predicted octanol–water partition coefficient (Wildman–Crippen LogP) is -1.28. The molecule has 0 aliphatic carbocycles. The van der Waals surface area contributed by atoms with E-state index in [4.69, 9.17) is 0 Å². The van der Waals surface area contributed by atoms with Gasteiger partial charge >= 0.3 is 6.56 Å². The smallest absolute Gasteiger partial charge is 0.316 e. The zero-order valence-electron chi connectivity index (χ0n) is 7.90. The SMILES string of the molecule is CCS(=O)(=O)[B]c1ccccc1.O.O. The molecule has 14 heavy (non-hydrogen) atoms. The van der Waals surface area contributed by atoms with Crippen LogP contribution in [0.25, 0.3) is 0 Å². The molecule has 0 fully saturated rings. The number of benzene rings is 1. The lowest BCUT2D eigenvalue weighted by molar-refractivity contribution is 0.610. The summed E-state index contributed by atoms with van der Waals surface area (Å²) < 4.78 is 22.2. The van der Waals surface area contributed by atoms with E-state index in [0.29, 0.717) is 0 Å². The fourth-order valence-electron chi connectivity index (χ4n) is 0.822. The molecule has 0 saturated heterocycles. The molecule has 1 radical (unpaired) electrons. The molecule has 1 aromatic rings. The number of hydrogen-bond donors (Lipinski definition) is 0. The molecule has 0 amide bonds. The largest absolute Gasteiger partial charge is 0.412 e. The van der Waals surface area contributed by atoms with Crippen molar-refractivity contribution >= 4 is 21.7 Å². The molecular weight excluding hydrogens is 203 g/mol. The predicted molar refractivity (Wildman–Crippen MR) is 58.5 cm³/mol. The van der Waals surface area contributed by atoms with Gasteiger partial charge in [-0.15, -0.1) is 0 Å². The lowest BCUT2D eigenvalue weighted by Gasteiger charge is -1.97. The average Bonchev–Trinajstić information content (AvgIpc) is 2.06. The van der Waals surface area contributed by atoms with Crippen LogP contribution in [0.2, 0.25) is 0 Å². The third-order valence-electron chi connectivity index (χ3n) is 1.52. The third-order valence-corrected chi connectivity index (χ3v) is 2.95. The monoisotopic (exact) mass is 217 g/mol. The molecule has 4 N–H and O–H groups in total. The molecule has 0 aliphatic heterocycles. The Morgan fingerprint density at radius 2 is 1.64 bits per heavy atom. The van der Waals surface area contributed by atoms with Gasteiger partial charge in [0.1, 0.15) is 9.69 Å². The second-order valence-electron chi connectivity index (χ2n) is 2.48. The van der Waals surface area contributed by atoms with E-state index in [1.807, 2.05) is 18.2 Å². The van der Waals surface area contributed by atoms with Crippen LogP contribution in [0.5, 0.6) is 0 Å². The highest BCUT2D eigenvalue weighted by Gasteiger charge is 2.10. The van der Waals surface area contributed by atoms with Crippen molar-refractivity contribution in [2.75, 3.05) is 5.75 Å². The maximum Gasteiger partial charge on any atom is 0.316 e. The normalized spacial score (nSPS) is 9.50. The Balaban J connectivity index is 0. The Morgan fingerprint density at radius 1 is 1.14 bits per heavy atom. The molecule has 0 aromatic heterocycles. The lowest BCUT2D eigenvalue weighted by Crippen LogP contribution is -2.24. The average molecular weight is 217 g/mol. The van der Waals surface area contributed by atoms with Gasteiger partial charge in [-0.05, 0) is 0 Å². The first-order valence-corrected chi connectivity index (χ1v) is 5.48. The van der Waals surface area contributed by atoms with Crippen LogP contribution >= 0.6 is 0 Å². The summed E-state index contributed by atoms with van der Waals surface area (Å²) in [6.07, 6.45) is 0. The van der Waals surface area contributed by atoms with Gasteiger partial charge in [0.15, 0.2) is 0 Å². The molecule has 0 unspecified atom stereocenters. The second kappa shape index (κ2) is 6.59. The second-order valence-corrected chi connectivity index (χ2v) is 4.62. The van der Waals surface area contributed by atoms with Crippen molar-refractivity contribution in [2.24, 2.45) is 0 Å². The van der Waals surface area contributed by atoms with E-state index in [-0.39, 0.29) is 16.7 Å². The zero-order chi connectivity index (χ0) is 9.03. The van der Waals surface area contributed by atoms with Gasteiger partial charge in [0, 0.05) is 5.75 Å². The summed E-state index contributed by atoms with van der Waals surface area (Å²) in [7, 11) is -3.00. The fourth-order valence-corrected chi connectivity index (χ4v) is 1.56. The molecule has 0 aliphatic rings. The van der Waals surface area contributed by atoms with Crippen LogP contribution in [0.1, 0.15) is 6.92 Å². The Bertz CT molecular complexity index is 336. The van der Waals surface area contributed by atoms with Crippen molar-refractivity contribution in [1.29, 1.82) is 0 Å². The maximum absolute atomic E-state index is 11.1. The van der Waals surface area contributed by atoms with Gasteiger partial charge in [-0.2, -0.15) is 0 Å². The molecule has 0 saturated carbocycles. The van der Waals surface area contributed by atoms with Crippen molar-refractivity contribution in [1.82, 2.24) is 0 Å². The van der Waals surface area contributed by atoms with E-state index < -0.39 is 9.69 Å². The van der Waals surface area contributed by atoms with Crippen LogP contribution in [-0.2, 0) is 9.69 Å². The summed E-state index contributed by atoms with van der Waals surface area (Å²) in [5.74, 6) is 0.155. The third kappa shape index (κ3) is 5.01. The minimum Gasteiger partial charge on any atom is -0.412 e. The van der Waals surface area contributed by atoms with Gasteiger partial charge in [0.05, 0.1) is 0 Å². The van der Waals surface area contributed by atoms with E-state index in [1.165, 1.54) is 6.56 Å². The van der Waals surface area contributed by atoms with Crippen LogP contribution in [0.4, 0.5) is 0 Å². The van der Waals surface area contributed by atoms with Gasteiger partial charge in [0.25, 0.3) is 0 Å². The quantitative estimate of drug-likeness (QED) is 0.589. The van der Waals surface area contributed by atoms with Crippen molar-refractivity contribution in [3.63, 3.8) is 0 Å². The van der Waals surface area contributed by atoms with E-state index >= 15 is 0 Å². The van der Waals surface area contributed by atoms with E-state index in [9.17, 15) is 8.42 Å². The van der Waals surface area contributed by atoms with Gasteiger partial charge in [0.2, 0.25) is 0 Å². The molecule has 79 valence electrons. The Hall–Kier alpha value is -0.845. The molecule has 0 atom stereocenters. The van der Waals surface area contributed by atoms with E-state index in [0.717, 1.165) is 5.46 Å². The maximum atomic E-state index is 11.1. The number of hydrogen-bond acceptors (Lipinski definition) is 2. The highest BCUT2D eigenvalue weighted by molar-refractivity contribution is 8.16. The molecule has 1 aromatic carbocycles. The molecule has 1 rings (SSSR count). The summed E-state index contributed by atoms with van der Waals surface area (Å²) in [5.41, 5.74) is 0.736. The Morgan fingerprint density at radius 3 is 2.07 bits per heavy atom. The van der Waals surface area contributed by atoms with E-state index in [2.05, 4.69) is 0 Å². The first kappa shape index (κ1) is 15.6. The van der Waals surface area contributed by atoms with Crippen LogP contribution in [0, 0.1) is 0 Å². The number of rotatable bonds is 3. The zero-order valence-corrected chi connectivity index (χ0v) is 8.71. The first-order valence-electron chi connectivity index (χ1n) is 3.76. The van der Waals surface area contributed by atoms with Crippen molar-refractivity contribution in [2.45, 2.75) is 6.92 Å². The molecule has 4 nitrogen and oxygen atoms in total. The first-order chi connectivity index (χ1) is 5.64. The molecular formula is C8H14BO4S. The highest BCUT2D eigenvalue weighted by Crippen LogP contribution is 1.88. The van der Waals surface area contributed by atoms with E-state index in [1.54, 1.807) is 19.1 Å². The van der Waals surface area contributed by atoms with Crippen molar-refractivity contribution in [3.8, 4) is 0 Å². The molecule has 0 heterocycles. The van der Waals surface area contributed by atoms with Crippen LogP contribution < -0.4 is 5.46 Å². The van der Waals surface area contributed by atoms with Gasteiger partial charge in [-0.3, -0.25) is 0 Å². The summed E-state index contributed by atoms with van der Waals surface area (Å²) in [4.78, 5) is 0. The lowest BCUT2D eigenvalue weighted by atomic mass is 9.95. The molecule has 0 spiro atoms. The van der Waals surface area contributed by atoms with Crippen LogP contribution in [0.3, 0.4) is 0 Å². The van der Waals surface area contributed by atoms with Crippen LogP contribution in [-0.4, -0.2) is 31.7 Å². The Labute approximate surface area is 84.6 Å². The standard InChI is InChI=1S/C8H10BO2S.2H2O/c1-2-12(10,11)9-8-6-4-3-5-7-8;;/h3-7H,2H2,1H3;2*1H2. The van der Waals surface area contributed by atoms with Gasteiger partial charge < -0.3 is 11.0 Å². The summed E-state index contributed by atoms with van der Waals surface area (Å²) in [6.45, 7) is 2.93. The van der Waals surface area contributed by atoms with Crippen LogP contribution in [0.15, 0.2) is 30.3 Å². The van der Waals surface area contributed by atoms with Gasteiger partial charge in [-0.25, -0.2) is 8.42 Å². The minimum atomic E-state index is -3.00. The molecule has 6 heteroatoms. The fraction of sp³-hybridized carbons (Fsp3) is 0.250.